The molecule has 5 N–H and O–H groups in total. The number of aliphatic carboxylic acids is 4. The molecule has 1 aromatic carbocycles. The molecular formula is C26H37N3O9. The Hall–Kier alpha value is -4.03. The zero-order chi connectivity index (χ0) is 29.4. The Morgan fingerprint density at radius 3 is 1.66 bits per heavy atom. The molecule has 0 aromatic heterocycles. The van der Waals surface area contributed by atoms with Crippen molar-refractivity contribution in [2.24, 2.45) is 0 Å². The Bertz CT molecular complexity index is 959. The molecule has 0 spiro atoms. The highest BCUT2D eigenvalue weighted by atomic mass is 16.4. The summed E-state index contributed by atoms with van der Waals surface area (Å²) in [6, 6.07) is 4.27. The van der Waals surface area contributed by atoms with E-state index >= 15 is 0 Å². The third-order valence-corrected chi connectivity index (χ3v) is 5.16. The summed E-state index contributed by atoms with van der Waals surface area (Å²) in [6.45, 7) is 9.19. The molecule has 210 valence electrons. The van der Waals surface area contributed by atoms with Gasteiger partial charge in [-0.2, -0.15) is 0 Å². The smallest absolute Gasteiger partial charge is 0.328 e. The molecule has 12 heteroatoms. The number of carbonyl (C=O) groups is 5. The topological polar surface area (TPSA) is 185 Å². The van der Waals surface area contributed by atoms with E-state index in [1.807, 2.05) is 0 Å². The fourth-order valence-electron chi connectivity index (χ4n) is 3.59. The molecule has 2 rings (SSSR count). The van der Waals surface area contributed by atoms with Crippen LogP contribution in [0.25, 0.3) is 0 Å². The van der Waals surface area contributed by atoms with Crippen molar-refractivity contribution in [3.63, 3.8) is 0 Å². The number of hydrogen-bond acceptors (Lipinski definition) is 7. The summed E-state index contributed by atoms with van der Waals surface area (Å²) in [6.07, 6.45) is 4.30. The predicted octanol–water partition coefficient (Wildman–Crippen LogP) is 2.00. The van der Waals surface area contributed by atoms with Crippen LogP contribution in [0.4, 0.5) is 5.69 Å². The second-order valence-corrected chi connectivity index (χ2v) is 8.78. The average molecular weight is 536 g/mol. The third-order valence-electron chi connectivity index (χ3n) is 5.16. The van der Waals surface area contributed by atoms with Gasteiger partial charge in [-0.3, -0.25) is 9.69 Å². The van der Waals surface area contributed by atoms with E-state index in [1.165, 1.54) is 5.56 Å². The Balaban J connectivity index is 0.000000705. The maximum absolute atomic E-state index is 12.7. The monoisotopic (exact) mass is 535 g/mol. The molecule has 1 aliphatic heterocycles. The first-order chi connectivity index (χ1) is 17.6. The Labute approximate surface area is 221 Å². The lowest BCUT2D eigenvalue weighted by molar-refractivity contribution is -0.134. The van der Waals surface area contributed by atoms with Crippen LogP contribution in [0.5, 0.6) is 0 Å². The fourth-order valence-corrected chi connectivity index (χ4v) is 3.59. The Morgan fingerprint density at radius 2 is 1.29 bits per heavy atom. The number of hydrogen-bond donors (Lipinski definition) is 5. The first kappa shape index (κ1) is 34.0. The summed E-state index contributed by atoms with van der Waals surface area (Å²) in [7, 11) is 4.15. The molecule has 1 unspecified atom stereocenters. The van der Waals surface area contributed by atoms with Crippen molar-refractivity contribution in [2.45, 2.75) is 39.7 Å². The van der Waals surface area contributed by atoms with E-state index in [1.54, 1.807) is 0 Å². The number of rotatable bonds is 9. The van der Waals surface area contributed by atoms with Crippen LogP contribution < -0.4 is 5.32 Å². The van der Waals surface area contributed by atoms with Gasteiger partial charge in [0, 0.05) is 43.1 Å². The van der Waals surface area contributed by atoms with Crippen molar-refractivity contribution in [3.8, 4) is 0 Å². The molecule has 0 aliphatic carbocycles. The molecule has 1 heterocycles. The van der Waals surface area contributed by atoms with Gasteiger partial charge in [-0.05, 0) is 65.4 Å². The number of carbonyl (C=O) groups excluding carboxylic acids is 1. The van der Waals surface area contributed by atoms with Gasteiger partial charge in [0.1, 0.15) is 0 Å². The number of aryl methyl sites for hydroxylation is 3. The minimum absolute atomic E-state index is 0.0139. The Kier molecular flexibility index (Phi) is 15.6. The summed E-state index contributed by atoms with van der Waals surface area (Å²) < 4.78 is 0. The van der Waals surface area contributed by atoms with Crippen molar-refractivity contribution in [3.05, 3.63) is 53.1 Å². The van der Waals surface area contributed by atoms with Gasteiger partial charge in [-0.25, -0.2) is 19.2 Å². The van der Waals surface area contributed by atoms with Gasteiger partial charge >= 0.3 is 23.9 Å². The van der Waals surface area contributed by atoms with Crippen molar-refractivity contribution >= 4 is 35.5 Å². The second kappa shape index (κ2) is 17.4. The van der Waals surface area contributed by atoms with E-state index in [2.05, 4.69) is 62.1 Å². The molecule has 1 fully saturated rings. The summed E-state index contributed by atoms with van der Waals surface area (Å²) in [5.41, 5.74) is 4.50. The predicted molar refractivity (Wildman–Crippen MR) is 141 cm³/mol. The summed E-state index contributed by atoms with van der Waals surface area (Å²) in [5.74, 6) is -4.88. The van der Waals surface area contributed by atoms with E-state index in [0.29, 0.717) is 24.3 Å². The van der Waals surface area contributed by atoms with Gasteiger partial charge in [0.15, 0.2) is 0 Å². The number of likely N-dealkylation sites (N-methyl/N-ethyl adjacent to an activating group) is 1. The highest BCUT2D eigenvalue weighted by Gasteiger charge is 2.30. The summed E-state index contributed by atoms with van der Waals surface area (Å²) in [4.78, 5) is 55.4. The SMILES string of the molecule is Cc1cc(C)c(NC(=O)C2CCCN2CCN(C)C)c(C)c1.O=C(O)/C=C/C(=O)O.O=C(O)/C=C/C(=O)O. The molecule has 38 heavy (non-hydrogen) atoms. The van der Waals surface area contributed by atoms with Crippen molar-refractivity contribution < 1.29 is 44.4 Å². The largest absolute Gasteiger partial charge is 0.478 e. The third kappa shape index (κ3) is 15.2. The van der Waals surface area contributed by atoms with E-state index in [0.717, 1.165) is 49.3 Å². The fraction of sp³-hybridized carbons (Fsp3) is 0.423. The van der Waals surface area contributed by atoms with Crippen LogP contribution in [-0.4, -0.2) is 99.8 Å². The van der Waals surface area contributed by atoms with Crippen LogP contribution >= 0.6 is 0 Å². The van der Waals surface area contributed by atoms with Crippen LogP contribution in [0.2, 0.25) is 0 Å². The average Bonchev–Trinajstić information content (AvgIpc) is 3.27. The number of carboxylic acid groups (broad SMARTS) is 4. The summed E-state index contributed by atoms with van der Waals surface area (Å²) >= 11 is 0. The van der Waals surface area contributed by atoms with Crippen molar-refractivity contribution in [2.75, 3.05) is 39.0 Å². The molecule has 1 atom stereocenters. The molecule has 12 nitrogen and oxygen atoms in total. The lowest BCUT2D eigenvalue weighted by atomic mass is 10.0. The minimum Gasteiger partial charge on any atom is -0.478 e. The molecule has 0 saturated carbocycles. The van der Waals surface area contributed by atoms with Crippen LogP contribution in [0.15, 0.2) is 36.4 Å². The molecule has 1 saturated heterocycles. The van der Waals surface area contributed by atoms with E-state index < -0.39 is 23.9 Å². The van der Waals surface area contributed by atoms with E-state index in [-0.39, 0.29) is 11.9 Å². The number of nitrogens with one attached hydrogen (secondary N) is 1. The van der Waals surface area contributed by atoms with E-state index in [9.17, 15) is 24.0 Å². The number of anilines is 1. The van der Waals surface area contributed by atoms with Crippen LogP contribution in [-0.2, 0) is 24.0 Å². The quantitative estimate of drug-likeness (QED) is 0.291. The zero-order valence-electron chi connectivity index (χ0n) is 22.3. The maximum Gasteiger partial charge on any atom is 0.328 e. The van der Waals surface area contributed by atoms with Crippen LogP contribution in [0, 0.1) is 20.8 Å². The molecule has 0 bridgehead atoms. The van der Waals surface area contributed by atoms with Gasteiger partial charge in [-0.15, -0.1) is 0 Å². The van der Waals surface area contributed by atoms with Crippen molar-refractivity contribution in [1.82, 2.24) is 9.80 Å². The van der Waals surface area contributed by atoms with Gasteiger partial charge in [-0.1, -0.05) is 17.7 Å². The molecule has 1 amide bonds. The first-order valence-corrected chi connectivity index (χ1v) is 11.7. The Morgan fingerprint density at radius 1 is 0.868 bits per heavy atom. The molecule has 1 aromatic rings. The molecular weight excluding hydrogens is 498 g/mol. The number of nitrogens with zero attached hydrogens (tertiary/aromatic N) is 2. The minimum atomic E-state index is -1.26. The number of likely N-dealkylation sites (tertiary alicyclic amines) is 1. The van der Waals surface area contributed by atoms with E-state index in [4.69, 9.17) is 20.4 Å². The highest BCUT2D eigenvalue weighted by Crippen LogP contribution is 2.24. The lowest BCUT2D eigenvalue weighted by Crippen LogP contribution is -2.42. The second-order valence-electron chi connectivity index (χ2n) is 8.78. The van der Waals surface area contributed by atoms with Gasteiger partial charge in [0.25, 0.3) is 0 Å². The first-order valence-electron chi connectivity index (χ1n) is 11.7. The number of carboxylic acids is 4. The standard InChI is InChI=1S/C18H29N3O.2C4H4O4/c1-13-11-14(2)17(15(3)12-13)19-18(22)16-7-6-8-21(16)10-9-20(4)5;2*5-3(6)1-2-4(7)8/h11-12,16H,6-10H2,1-5H3,(H,19,22);2*1-2H,(H,5,6)(H,7,8)/b;2*2-1+. The molecule has 1 aliphatic rings. The van der Waals surface area contributed by atoms with Gasteiger partial charge < -0.3 is 30.6 Å². The van der Waals surface area contributed by atoms with Gasteiger partial charge in [0.2, 0.25) is 5.91 Å². The van der Waals surface area contributed by atoms with Gasteiger partial charge in [0.05, 0.1) is 6.04 Å². The highest BCUT2D eigenvalue weighted by molar-refractivity contribution is 5.96. The summed E-state index contributed by atoms with van der Waals surface area (Å²) in [5, 5.41) is 34.4. The molecule has 0 radical (unpaired) electrons. The lowest BCUT2D eigenvalue weighted by Gasteiger charge is -2.25. The van der Waals surface area contributed by atoms with Crippen LogP contribution in [0.3, 0.4) is 0 Å². The zero-order valence-corrected chi connectivity index (χ0v) is 22.3. The van der Waals surface area contributed by atoms with Crippen molar-refractivity contribution in [1.29, 1.82) is 0 Å². The number of amides is 1. The number of benzene rings is 1. The maximum atomic E-state index is 12.7. The normalized spacial score (nSPS) is 14.9. The van der Waals surface area contributed by atoms with Crippen LogP contribution in [0.1, 0.15) is 29.5 Å².